The van der Waals surface area contributed by atoms with Crippen LogP contribution in [0.5, 0.6) is 0 Å². The number of esters is 3. The summed E-state index contributed by atoms with van der Waals surface area (Å²) in [5, 5.41) is 0. The largest absolute Gasteiger partial charge is 0.462 e. The van der Waals surface area contributed by atoms with Gasteiger partial charge in [-0.25, -0.2) is 0 Å². The fourth-order valence-electron chi connectivity index (χ4n) is 9.96. The van der Waals surface area contributed by atoms with Gasteiger partial charge in [0.2, 0.25) is 0 Å². The first-order valence-electron chi connectivity index (χ1n) is 33.8. The molecule has 0 radical (unpaired) electrons. The zero-order valence-electron chi connectivity index (χ0n) is 51.5. The average molecular weight is 1080 g/mol. The van der Waals surface area contributed by atoms with Gasteiger partial charge in [-0.1, -0.05) is 313 Å². The normalized spacial score (nSPS) is 12.4. The third-order valence-corrected chi connectivity index (χ3v) is 15.0. The molecule has 0 aliphatic heterocycles. The van der Waals surface area contributed by atoms with E-state index < -0.39 is 6.10 Å². The van der Waals surface area contributed by atoms with Crippen LogP contribution >= 0.6 is 0 Å². The predicted octanol–water partition coefficient (Wildman–Crippen LogP) is 23.1. The summed E-state index contributed by atoms with van der Waals surface area (Å²) in [7, 11) is 0. The first-order chi connectivity index (χ1) is 38.0. The Kier molecular flexibility index (Phi) is 63.2. The second-order valence-corrected chi connectivity index (χ2v) is 22.7. The lowest BCUT2D eigenvalue weighted by Gasteiger charge is -2.18. The molecule has 0 aliphatic carbocycles. The van der Waals surface area contributed by atoms with Crippen LogP contribution in [0.2, 0.25) is 0 Å². The summed E-state index contributed by atoms with van der Waals surface area (Å²) in [4.78, 5) is 38.4. The van der Waals surface area contributed by atoms with E-state index in [1.165, 1.54) is 231 Å². The quantitative estimate of drug-likeness (QED) is 0.0261. The molecule has 0 aromatic carbocycles. The fraction of sp³-hybridized carbons (Fsp3) is 0.817. The van der Waals surface area contributed by atoms with E-state index in [0.717, 1.165) is 83.5 Å². The molecule has 448 valence electrons. The molecule has 0 aromatic rings. The van der Waals surface area contributed by atoms with E-state index in [2.05, 4.69) is 81.5 Å². The van der Waals surface area contributed by atoms with E-state index in [-0.39, 0.29) is 31.1 Å². The maximum Gasteiger partial charge on any atom is 0.306 e. The van der Waals surface area contributed by atoms with Crippen molar-refractivity contribution in [2.45, 2.75) is 361 Å². The molecule has 0 saturated carbocycles. The average Bonchev–Trinajstić information content (AvgIpc) is 3.43. The number of ether oxygens (including phenoxy) is 3. The molecule has 0 spiro atoms. The van der Waals surface area contributed by atoms with E-state index in [1.807, 2.05) is 0 Å². The molecule has 1 unspecified atom stereocenters. The predicted molar refractivity (Wildman–Crippen MR) is 335 cm³/mol. The standard InChI is InChI=1S/C71H128O6/c1-4-7-10-13-16-19-22-25-28-31-33-34-35-36-38-40-43-46-49-52-55-58-61-64-70(73)76-67-68(66-75-69(72)63-60-57-54-51-48-45-42-39-30-27-24-21-18-15-12-9-6-3)77-71(74)65-62-59-56-53-50-47-44-41-37-32-29-26-23-20-17-14-11-8-5-2/h7,10,16,19,25-26,28-29,33-34,68H,4-6,8-9,11-15,17-18,20-24,27,30-32,35-67H2,1-3H3/b10-7-,19-16-,28-25-,29-26-,34-33-. The van der Waals surface area contributed by atoms with Crippen molar-refractivity contribution in [2.24, 2.45) is 0 Å². The van der Waals surface area contributed by atoms with E-state index >= 15 is 0 Å². The van der Waals surface area contributed by atoms with Gasteiger partial charge in [0, 0.05) is 19.3 Å². The van der Waals surface area contributed by atoms with Crippen LogP contribution in [0, 0.1) is 0 Å². The first kappa shape index (κ1) is 74.1. The van der Waals surface area contributed by atoms with Crippen molar-refractivity contribution < 1.29 is 28.6 Å². The number of allylic oxidation sites excluding steroid dienone is 10. The van der Waals surface area contributed by atoms with Gasteiger partial charge in [0.25, 0.3) is 0 Å². The Morgan fingerprint density at radius 3 is 0.805 bits per heavy atom. The highest BCUT2D eigenvalue weighted by molar-refractivity contribution is 5.71. The van der Waals surface area contributed by atoms with Crippen molar-refractivity contribution in [1.29, 1.82) is 0 Å². The summed E-state index contributed by atoms with van der Waals surface area (Å²) in [5.74, 6) is -0.855. The lowest BCUT2D eigenvalue weighted by molar-refractivity contribution is -0.167. The van der Waals surface area contributed by atoms with Crippen molar-refractivity contribution in [1.82, 2.24) is 0 Å². The van der Waals surface area contributed by atoms with Gasteiger partial charge < -0.3 is 14.2 Å². The van der Waals surface area contributed by atoms with Crippen LogP contribution < -0.4 is 0 Å². The van der Waals surface area contributed by atoms with Crippen LogP contribution in [0.3, 0.4) is 0 Å². The number of rotatable bonds is 62. The Hall–Kier alpha value is -2.89. The summed E-state index contributed by atoms with van der Waals surface area (Å²) in [5.41, 5.74) is 0. The fourth-order valence-corrected chi connectivity index (χ4v) is 9.96. The number of hydrogen-bond donors (Lipinski definition) is 0. The van der Waals surface area contributed by atoms with Gasteiger partial charge in [-0.15, -0.1) is 0 Å². The van der Waals surface area contributed by atoms with E-state index in [4.69, 9.17) is 14.2 Å². The lowest BCUT2D eigenvalue weighted by atomic mass is 10.0. The van der Waals surface area contributed by atoms with Crippen molar-refractivity contribution in [3.8, 4) is 0 Å². The molecular formula is C71H128O6. The molecule has 0 fully saturated rings. The monoisotopic (exact) mass is 1080 g/mol. The highest BCUT2D eigenvalue weighted by atomic mass is 16.6. The maximum absolute atomic E-state index is 12.9. The molecule has 0 aliphatic rings. The Bertz CT molecular complexity index is 1380. The zero-order chi connectivity index (χ0) is 55.7. The molecule has 0 saturated heterocycles. The zero-order valence-corrected chi connectivity index (χ0v) is 51.5. The molecule has 1 atom stereocenters. The number of hydrogen-bond acceptors (Lipinski definition) is 6. The lowest BCUT2D eigenvalue weighted by Crippen LogP contribution is -2.30. The smallest absolute Gasteiger partial charge is 0.306 e. The topological polar surface area (TPSA) is 78.9 Å². The minimum Gasteiger partial charge on any atom is -0.462 e. The van der Waals surface area contributed by atoms with E-state index in [9.17, 15) is 14.4 Å². The molecule has 77 heavy (non-hydrogen) atoms. The minimum absolute atomic E-state index is 0.0718. The Morgan fingerprint density at radius 2 is 0.506 bits per heavy atom. The van der Waals surface area contributed by atoms with Crippen LogP contribution in [0.1, 0.15) is 355 Å². The molecule has 0 amide bonds. The van der Waals surface area contributed by atoms with Gasteiger partial charge in [0.05, 0.1) is 0 Å². The number of carbonyl (C=O) groups excluding carboxylic acids is 3. The highest BCUT2D eigenvalue weighted by Gasteiger charge is 2.19. The van der Waals surface area contributed by atoms with E-state index in [1.54, 1.807) is 0 Å². The van der Waals surface area contributed by atoms with Gasteiger partial charge in [-0.05, 0) is 83.5 Å². The summed E-state index contributed by atoms with van der Waals surface area (Å²) >= 11 is 0. The number of carbonyl (C=O) groups is 3. The van der Waals surface area contributed by atoms with Crippen LogP contribution in [-0.4, -0.2) is 37.2 Å². The Labute approximate surface area is 479 Å². The van der Waals surface area contributed by atoms with Gasteiger partial charge in [-0.2, -0.15) is 0 Å². The molecule has 0 aromatic heterocycles. The molecule has 0 N–H and O–H groups in total. The molecule has 0 rings (SSSR count). The van der Waals surface area contributed by atoms with Crippen LogP contribution in [0.15, 0.2) is 60.8 Å². The Balaban J connectivity index is 4.33. The van der Waals surface area contributed by atoms with Crippen LogP contribution in [0.4, 0.5) is 0 Å². The first-order valence-corrected chi connectivity index (χ1v) is 33.8. The van der Waals surface area contributed by atoms with Gasteiger partial charge in [0.1, 0.15) is 13.2 Å². The van der Waals surface area contributed by atoms with Gasteiger partial charge >= 0.3 is 17.9 Å². The summed E-state index contributed by atoms with van der Waals surface area (Å²) in [6.45, 7) is 6.58. The SMILES string of the molecule is CC/C=C\C/C=C\C/C=C\C/C=C\CCCCCCCCCCCCC(=O)OCC(COC(=O)CCCCCCCCCCCCCCCCCCC)OC(=O)CCCCCCCCCCC/C=C\CCCCCCCC. The summed E-state index contributed by atoms with van der Waals surface area (Å²) < 4.78 is 17.0. The van der Waals surface area contributed by atoms with Crippen molar-refractivity contribution >= 4 is 17.9 Å². The third kappa shape index (κ3) is 63.8. The summed E-state index contributed by atoms with van der Waals surface area (Å²) in [6, 6.07) is 0. The van der Waals surface area contributed by atoms with Crippen LogP contribution in [-0.2, 0) is 28.6 Å². The summed E-state index contributed by atoms with van der Waals surface area (Å²) in [6.07, 6.45) is 83.7. The number of unbranched alkanes of at least 4 members (excludes halogenated alkanes) is 41. The van der Waals surface area contributed by atoms with Gasteiger partial charge in [-0.3, -0.25) is 14.4 Å². The molecule has 0 heterocycles. The minimum atomic E-state index is -0.776. The molecular weight excluding hydrogens is 949 g/mol. The molecule has 6 nitrogen and oxygen atoms in total. The van der Waals surface area contributed by atoms with Crippen molar-refractivity contribution in [3.05, 3.63) is 60.8 Å². The highest BCUT2D eigenvalue weighted by Crippen LogP contribution is 2.18. The van der Waals surface area contributed by atoms with Crippen molar-refractivity contribution in [2.75, 3.05) is 13.2 Å². The molecule has 0 bridgehead atoms. The second kappa shape index (κ2) is 65.6. The third-order valence-electron chi connectivity index (χ3n) is 15.0. The van der Waals surface area contributed by atoms with E-state index in [0.29, 0.717) is 19.3 Å². The Morgan fingerprint density at radius 1 is 0.273 bits per heavy atom. The van der Waals surface area contributed by atoms with Crippen molar-refractivity contribution in [3.63, 3.8) is 0 Å². The second-order valence-electron chi connectivity index (χ2n) is 22.7. The molecule has 6 heteroatoms. The maximum atomic E-state index is 12.9. The van der Waals surface area contributed by atoms with Crippen LogP contribution in [0.25, 0.3) is 0 Å². The van der Waals surface area contributed by atoms with Gasteiger partial charge in [0.15, 0.2) is 6.10 Å².